The average molecular weight is 183 g/mol. The van der Waals surface area contributed by atoms with Crippen molar-refractivity contribution in [3.8, 4) is 0 Å². The molecule has 0 spiro atoms. The van der Waals surface area contributed by atoms with E-state index in [0.717, 1.165) is 11.3 Å². The molecule has 0 bridgehead atoms. The predicted molar refractivity (Wildman–Crippen MR) is 54.4 cm³/mol. The van der Waals surface area contributed by atoms with Crippen LogP contribution in [-0.4, -0.2) is 11.7 Å². The van der Waals surface area contributed by atoms with Crippen LogP contribution in [0.15, 0.2) is 17.3 Å². The maximum absolute atomic E-state index is 10.4. The van der Waals surface area contributed by atoms with Crippen molar-refractivity contribution < 1.29 is 4.79 Å². The Kier molecular flexibility index (Phi) is 3.66. The summed E-state index contributed by atoms with van der Waals surface area (Å²) in [5.41, 5.74) is 8.62. The summed E-state index contributed by atoms with van der Waals surface area (Å²) in [6.45, 7) is 11.6. The summed E-state index contributed by atoms with van der Waals surface area (Å²) in [7, 11) is 0. The van der Waals surface area contributed by atoms with Crippen LogP contribution in [0, 0.1) is 5.41 Å². The number of amides is 2. The van der Waals surface area contributed by atoms with Gasteiger partial charge in [-0.25, -0.2) is 10.2 Å². The molecule has 0 aliphatic heterocycles. The molecule has 0 saturated carbocycles. The Morgan fingerprint density at radius 3 is 2.23 bits per heavy atom. The maximum atomic E-state index is 10.4. The maximum Gasteiger partial charge on any atom is 0.332 e. The zero-order valence-electron chi connectivity index (χ0n) is 8.64. The lowest BCUT2D eigenvalue weighted by molar-refractivity contribution is 0.249. The number of hydrazone groups is 1. The van der Waals surface area contributed by atoms with Crippen molar-refractivity contribution in [3.63, 3.8) is 0 Å². The quantitative estimate of drug-likeness (QED) is 0.390. The van der Waals surface area contributed by atoms with E-state index >= 15 is 0 Å². The Balaban J connectivity index is 4.57. The molecule has 0 radical (unpaired) electrons. The summed E-state index contributed by atoms with van der Waals surface area (Å²) in [6, 6.07) is -0.656. The Bertz CT molecular complexity index is 254. The lowest BCUT2D eigenvalue weighted by Crippen LogP contribution is -2.30. The molecule has 0 aliphatic rings. The van der Waals surface area contributed by atoms with Crippen molar-refractivity contribution in [2.45, 2.75) is 27.7 Å². The second-order valence-electron chi connectivity index (χ2n) is 3.58. The van der Waals surface area contributed by atoms with Gasteiger partial charge in [0.15, 0.2) is 0 Å². The number of urea groups is 1. The highest BCUT2D eigenvalue weighted by Crippen LogP contribution is 2.25. The number of hydrogen-bond acceptors (Lipinski definition) is 2. The van der Waals surface area contributed by atoms with E-state index in [2.05, 4.69) is 17.1 Å². The molecule has 3 N–H and O–H groups in total. The first-order chi connectivity index (χ1) is 5.78. The molecule has 0 saturated heterocycles. The molecule has 0 aromatic carbocycles. The van der Waals surface area contributed by atoms with E-state index < -0.39 is 6.03 Å². The monoisotopic (exact) mass is 183 g/mol. The minimum absolute atomic E-state index is 0.220. The molecule has 0 heterocycles. The first-order valence-electron chi connectivity index (χ1n) is 4.04. The van der Waals surface area contributed by atoms with Crippen molar-refractivity contribution >= 4 is 11.7 Å². The predicted octanol–water partition coefficient (Wildman–Crippen LogP) is 1.63. The molecule has 0 unspecified atom stereocenters. The van der Waals surface area contributed by atoms with Gasteiger partial charge in [-0.2, -0.15) is 5.10 Å². The standard InChI is InChI=1S/C9H17N3O/c1-6(2)9(4,5)7(3)11-12-8(10)13/h1H2,2-5H3,(H3,10,12,13)/b11-7+. The number of allylic oxidation sites excluding steroid dienone is 1. The third-order valence-electron chi connectivity index (χ3n) is 2.31. The van der Waals surface area contributed by atoms with Crippen molar-refractivity contribution in [1.29, 1.82) is 0 Å². The third-order valence-corrected chi connectivity index (χ3v) is 2.31. The summed E-state index contributed by atoms with van der Waals surface area (Å²) in [6.07, 6.45) is 0. The van der Waals surface area contributed by atoms with Gasteiger partial charge in [0.2, 0.25) is 0 Å². The SMILES string of the molecule is C=C(C)C(C)(C)/C(C)=N/NC(N)=O. The van der Waals surface area contributed by atoms with Crippen LogP contribution < -0.4 is 11.2 Å². The average Bonchev–Trinajstić information content (AvgIpc) is 1.99. The minimum atomic E-state index is -0.656. The van der Waals surface area contributed by atoms with Gasteiger partial charge in [-0.3, -0.25) is 0 Å². The fourth-order valence-electron chi connectivity index (χ4n) is 0.588. The lowest BCUT2D eigenvalue weighted by atomic mass is 9.82. The van der Waals surface area contributed by atoms with Gasteiger partial charge in [-0.05, 0) is 13.8 Å². The normalized spacial score (nSPS) is 12.5. The Morgan fingerprint density at radius 2 is 1.92 bits per heavy atom. The van der Waals surface area contributed by atoms with Crippen LogP contribution in [0.25, 0.3) is 0 Å². The van der Waals surface area contributed by atoms with Gasteiger partial charge in [-0.15, -0.1) is 0 Å². The second-order valence-corrected chi connectivity index (χ2v) is 3.58. The van der Waals surface area contributed by atoms with Gasteiger partial charge in [0.1, 0.15) is 0 Å². The van der Waals surface area contributed by atoms with Crippen molar-refractivity contribution in [3.05, 3.63) is 12.2 Å². The number of rotatable bonds is 3. The first kappa shape index (κ1) is 11.7. The number of nitrogens with one attached hydrogen (secondary N) is 1. The zero-order valence-corrected chi connectivity index (χ0v) is 8.64. The highest BCUT2D eigenvalue weighted by molar-refractivity contribution is 5.90. The highest BCUT2D eigenvalue weighted by atomic mass is 16.2. The topological polar surface area (TPSA) is 67.5 Å². The van der Waals surface area contributed by atoms with Crippen LogP contribution in [-0.2, 0) is 0 Å². The van der Waals surface area contributed by atoms with Crippen molar-refractivity contribution in [1.82, 2.24) is 5.43 Å². The molecule has 0 atom stereocenters. The van der Waals surface area contributed by atoms with E-state index in [0.29, 0.717) is 0 Å². The van der Waals surface area contributed by atoms with Gasteiger partial charge in [0.05, 0.1) is 0 Å². The van der Waals surface area contributed by atoms with Gasteiger partial charge < -0.3 is 5.73 Å². The molecular weight excluding hydrogens is 166 g/mol. The molecule has 0 aromatic heterocycles. The van der Waals surface area contributed by atoms with Gasteiger partial charge in [-0.1, -0.05) is 26.0 Å². The molecule has 0 aromatic rings. The Labute approximate surface area is 78.9 Å². The van der Waals surface area contributed by atoms with Crippen molar-refractivity contribution in [2.24, 2.45) is 16.3 Å². The van der Waals surface area contributed by atoms with Crippen LogP contribution in [0.5, 0.6) is 0 Å². The molecule has 4 heteroatoms. The first-order valence-corrected chi connectivity index (χ1v) is 4.04. The van der Waals surface area contributed by atoms with Crippen LogP contribution in [0.2, 0.25) is 0 Å². The van der Waals surface area contributed by atoms with Gasteiger partial charge in [0.25, 0.3) is 0 Å². The van der Waals surface area contributed by atoms with Crippen LogP contribution in [0.4, 0.5) is 4.79 Å². The number of carbonyl (C=O) groups excluding carboxylic acids is 1. The number of hydrogen-bond donors (Lipinski definition) is 2. The molecule has 13 heavy (non-hydrogen) atoms. The van der Waals surface area contributed by atoms with E-state index in [1.165, 1.54) is 0 Å². The fourth-order valence-corrected chi connectivity index (χ4v) is 0.588. The van der Waals surface area contributed by atoms with E-state index in [9.17, 15) is 4.79 Å². The van der Waals surface area contributed by atoms with Crippen molar-refractivity contribution in [2.75, 3.05) is 0 Å². The highest BCUT2D eigenvalue weighted by Gasteiger charge is 2.22. The fraction of sp³-hybridized carbons (Fsp3) is 0.556. The van der Waals surface area contributed by atoms with Gasteiger partial charge >= 0.3 is 6.03 Å². The molecule has 74 valence electrons. The summed E-state index contributed by atoms with van der Waals surface area (Å²) < 4.78 is 0. The summed E-state index contributed by atoms with van der Waals surface area (Å²) in [4.78, 5) is 10.4. The van der Waals surface area contributed by atoms with E-state index in [-0.39, 0.29) is 5.41 Å². The molecule has 0 aliphatic carbocycles. The number of carbonyl (C=O) groups is 1. The van der Waals surface area contributed by atoms with E-state index in [1.54, 1.807) is 0 Å². The van der Waals surface area contributed by atoms with Gasteiger partial charge in [0, 0.05) is 11.1 Å². The van der Waals surface area contributed by atoms with E-state index in [1.807, 2.05) is 27.7 Å². The Hall–Kier alpha value is -1.32. The van der Waals surface area contributed by atoms with E-state index in [4.69, 9.17) is 5.73 Å². The Morgan fingerprint density at radius 1 is 1.46 bits per heavy atom. The number of nitrogens with two attached hydrogens (primary N) is 1. The minimum Gasteiger partial charge on any atom is -0.350 e. The van der Waals surface area contributed by atoms with Crippen LogP contribution >= 0.6 is 0 Å². The second kappa shape index (κ2) is 4.07. The smallest absolute Gasteiger partial charge is 0.332 e. The summed E-state index contributed by atoms with van der Waals surface area (Å²) in [5.74, 6) is 0. The molecule has 4 nitrogen and oxygen atoms in total. The largest absolute Gasteiger partial charge is 0.350 e. The number of primary amides is 1. The molecular formula is C9H17N3O. The van der Waals surface area contributed by atoms with Crippen LogP contribution in [0.1, 0.15) is 27.7 Å². The number of nitrogens with zero attached hydrogens (tertiary/aromatic N) is 1. The lowest BCUT2D eigenvalue weighted by Gasteiger charge is -2.24. The molecule has 2 amide bonds. The molecule has 0 rings (SSSR count). The molecule has 0 fully saturated rings. The third kappa shape index (κ3) is 3.27. The van der Waals surface area contributed by atoms with Crippen LogP contribution in [0.3, 0.4) is 0 Å². The summed E-state index contributed by atoms with van der Waals surface area (Å²) in [5, 5.41) is 3.85. The zero-order chi connectivity index (χ0) is 10.6. The summed E-state index contributed by atoms with van der Waals surface area (Å²) >= 11 is 0.